The van der Waals surface area contributed by atoms with Crippen molar-refractivity contribution >= 4 is 15.7 Å². The van der Waals surface area contributed by atoms with Gasteiger partial charge in [-0.1, -0.05) is 51.1 Å². The minimum absolute atomic E-state index is 0.0774. The summed E-state index contributed by atoms with van der Waals surface area (Å²) in [6.07, 6.45) is 0.416. The highest BCUT2D eigenvalue weighted by Gasteiger charge is 2.54. The summed E-state index contributed by atoms with van der Waals surface area (Å²) in [7, 11) is -3.86. The van der Waals surface area contributed by atoms with Gasteiger partial charge < -0.3 is 10.1 Å². The molecule has 0 radical (unpaired) electrons. The molecule has 0 aliphatic carbocycles. The molecule has 4 rings (SSSR count). The number of sulfone groups is 1. The second-order valence-electron chi connectivity index (χ2n) is 8.91. The molecule has 2 aliphatic heterocycles. The first-order valence-corrected chi connectivity index (χ1v) is 11.0. The molecule has 2 aromatic carbocycles. The van der Waals surface area contributed by atoms with Crippen molar-refractivity contribution < 1.29 is 17.9 Å². The molecule has 3 atom stereocenters. The summed E-state index contributed by atoms with van der Waals surface area (Å²) in [5.41, 5.74) is 0.850. The van der Waals surface area contributed by atoms with E-state index in [2.05, 4.69) is 26.1 Å². The van der Waals surface area contributed by atoms with Crippen molar-refractivity contribution in [3.63, 3.8) is 0 Å². The van der Waals surface area contributed by atoms with Crippen LogP contribution in [0.25, 0.3) is 0 Å². The fraction of sp³-hybridized carbons (Fsp3) is 0.409. The lowest BCUT2D eigenvalue weighted by molar-refractivity contribution is -0.132. The maximum Gasteiger partial charge on any atom is 0.242 e. The number of benzene rings is 2. The average Bonchev–Trinajstić information content (AvgIpc) is 2.60. The third kappa shape index (κ3) is 3.00. The molecule has 0 saturated carbocycles. The Bertz CT molecular complexity index is 1040. The molecule has 1 N–H and O–H groups in total. The van der Waals surface area contributed by atoms with Crippen LogP contribution in [0.3, 0.4) is 0 Å². The number of carbonyl (C=O) groups excluding carboxylic acids is 1. The van der Waals surface area contributed by atoms with Gasteiger partial charge in [-0.25, -0.2) is 8.42 Å². The zero-order chi connectivity index (χ0) is 20.3. The summed E-state index contributed by atoms with van der Waals surface area (Å²) in [6.45, 7) is 8.01. The number of fused-ring (bicyclic) bond motifs is 4. The van der Waals surface area contributed by atoms with Gasteiger partial charge in [0.25, 0.3) is 0 Å². The zero-order valence-corrected chi connectivity index (χ0v) is 17.3. The first kappa shape index (κ1) is 19.0. The van der Waals surface area contributed by atoms with Gasteiger partial charge in [-0.15, -0.1) is 0 Å². The summed E-state index contributed by atoms with van der Waals surface area (Å²) in [4.78, 5) is 13.1. The Labute approximate surface area is 166 Å². The Hall–Kier alpha value is -2.34. The molecule has 0 unspecified atom stereocenters. The molecule has 5 nitrogen and oxygen atoms in total. The van der Waals surface area contributed by atoms with Crippen LogP contribution in [-0.4, -0.2) is 25.3 Å². The third-order valence-electron chi connectivity index (χ3n) is 5.66. The Kier molecular flexibility index (Phi) is 4.12. The number of hydrogen-bond donors (Lipinski definition) is 1. The van der Waals surface area contributed by atoms with Crippen LogP contribution in [0.15, 0.2) is 53.4 Å². The predicted molar refractivity (Wildman–Crippen MR) is 107 cm³/mol. The van der Waals surface area contributed by atoms with Crippen molar-refractivity contribution in [2.24, 2.45) is 0 Å². The average molecular weight is 400 g/mol. The first-order chi connectivity index (χ1) is 13.0. The van der Waals surface area contributed by atoms with Crippen LogP contribution >= 0.6 is 0 Å². The largest absolute Gasteiger partial charge is 0.468 e. The summed E-state index contributed by atoms with van der Waals surface area (Å²) in [6, 6.07) is 14.2. The lowest BCUT2D eigenvalue weighted by atomic mass is 9.81. The third-order valence-corrected chi connectivity index (χ3v) is 7.80. The number of nitrogens with one attached hydrogen (secondary N) is 1. The molecular weight excluding hydrogens is 374 g/mol. The molecule has 2 aromatic rings. The molecule has 2 bridgehead atoms. The van der Waals surface area contributed by atoms with Crippen LogP contribution in [0.1, 0.15) is 51.2 Å². The first-order valence-electron chi connectivity index (χ1n) is 9.46. The van der Waals surface area contributed by atoms with E-state index in [9.17, 15) is 13.2 Å². The van der Waals surface area contributed by atoms with Crippen LogP contribution in [0, 0.1) is 0 Å². The monoisotopic (exact) mass is 399 g/mol. The SMILES string of the molecule is CC(C)(C)c1ccc(S(=O)(=O)[C@@H]2C(=O)N[C@]3(C)C[C@H]2c2ccccc2O3)cc1. The minimum Gasteiger partial charge on any atom is -0.468 e. The highest BCUT2D eigenvalue weighted by atomic mass is 32.2. The summed E-state index contributed by atoms with van der Waals surface area (Å²) >= 11 is 0. The van der Waals surface area contributed by atoms with Crippen molar-refractivity contribution in [1.82, 2.24) is 5.32 Å². The van der Waals surface area contributed by atoms with E-state index in [1.807, 2.05) is 36.4 Å². The van der Waals surface area contributed by atoms with E-state index in [4.69, 9.17) is 4.74 Å². The molecule has 0 spiro atoms. The van der Waals surface area contributed by atoms with E-state index < -0.39 is 32.6 Å². The van der Waals surface area contributed by atoms with Crippen molar-refractivity contribution in [2.45, 2.75) is 61.3 Å². The Morgan fingerprint density at radius 3 is 2.36 bits per heavy atom. The number of piperidine rings is 1. The van der Waals surface area contributed by atoms with E-state index in [0.717, 1.165) is 11.1 Å². The van der Waals surface area contributed by atoms with Gasteiger partial charge >= 0.3 is 0 Å². The maximum atomic E-state index is 13.5. The Morgan fingerprint density at radius 1 is 1.07 bits per heavy atom. The van der Waals surface area contributed by atoms with Gasteiger partial charge in [0.1, 0.15) is 5.75 Å². The molecule has 6 heteroatoms. The second kappa shape index (κ2) is 6.08. The number of hydrogen-bond acceptors (Lipinski definition) is 4. The Morgan fingerprint density at radius 2 is 1.71 bits per heavy atom. The van der Waals surface area contributed by atoms with E-state index in [1.165, 1.54) is 0 Å². The maximum absolute atomic E-state index is 13.5. The summed E-state index contributed by atoms with van der Waals surface area (Å²) < 4.78 is 32.9. The highest BCUT2D eigenvalue weighted by Crippen LogP contribution is 2.47. The molecule has 1 saturated heterocycles. The fourth-order valence-corrected chi connectivity index (χ4v) is 6.03. The molecule has 148 valence electrons. The van der Waals surface area contributed by atoms with Crippen molar-refractivity contribution in [3.05, 3.63) is 59.7 Å². The topological polar surface area (TPSA) is 72.5 Å². The Balaban J connectivity index is 1.79. The molecule has 28 heavy (non-hydrogen) atoms. The van der Waals surface area contributed by atoms with E-state index in [-0.39, 0.29) is 10.3 Å². The van der Waals surface area contributed by atoms with Crippen molar-refractivity contribution in [3.8, 4) is 5.75 Å². The van der Waals surface area contributed by atoms with Gasteiger partial charge in [-0.2, -0.15) is 0 Å². The van der Waals surface area contributed by atoms with E-state index in [0.29, 0.717) is 12.2 Å². The molecule has 1 amide bonds. The normalized spacial score (nSPS) is 26.8. The van der Waals surface area contributed by atoms with Crippen LogP contribution in [0.4, 0.5) is 0 Å². The quantitative estimate of drug-likeness (QED) is 0.838. The predicted octanol–water partition coefficient (Wildman–Crippen LogP) is 3.54. The second-order valence-corrected chi connectivity index (χ2v) is 11.0. The van der Waals surface area contributed by atoms with Gasteiger partial charge in [0.05, 0.1) is 4.90 Å². The molecular formula is C22H25NO4S. The van der Waals surface area contributed by atoms with E-state index >= 15 is 0 Å². The lowest BCUT2D eigenvalue weighted by Crippen LogP contribution is -2.63. The smallest absolute Gasteiger partial charge is 0.242 e. The summed E-state index contributed by atoms with van der Waals surface area (Å²) in [5, 5.41) is 1.61. The van der Waals surface area contributed by atoms with Crippen molar-refractivity contribution in [2.75, 3.05) is 0 Å². The standard InChI is InChI=1S/C22H25NO4S/c1-21(2,3)14-9-11-15(12-10-14)28(25,26)19-17-13-22(4,23-20(19)24)27-18-8-6-5-7-16(17)18/h5-12,17,19H,13H2,1-4H3,(H,23,24)/t17-,19-,22-/m0/s1. The van der Waals surface area contributed by atoms with Crippen molar-refractivity contribution in [1.29, 1.82) is 0 Å². The van der Waals surface area contributed by atoms with Gasteiger partial charge in [0.2, 0.25) is 5.91 Å². The van der Waals surface area contributed by atoms with Crippen LogP contribution in [0.2, 0.25) is 0 Å². The molecule has 2 aliphatic rings. The number of carbonyl (C=O) groups is 1. The van der Waals surface area contributed by atoms with E-state index in [1.54, 1.807) is 19.1 Å². The van der Waals surface area contributed by atoms with Gasteiger partial charge in [0.15, 0.2) is 20.8 Å². The number of ether oxygens (including phenoxy) is 1. The number of rotatable bonds is 2. The molecule has 0 aromatic heterocycles. The van der Waals surface area contributed by atoms with Crippen LogP contribution in [0.5, 0.6) is 5.75 Å². The molecule has 1 fully saturated rings. The minimum atomic E-state index is -3.86. The highest BCUT2D eigenvalue weighted by molar-refractivity contribution is 7.92. The number of amides is 1. The molecule has 2 heterocycles. The zero-order valence-electron chi connectivity index (χ0n) is 16.5. The fourth-order valence-electron chi connectivity index (χ4n) is 4.20. The lowest BCUT2D eigenvalue weighted by Gasteiger charge is -2.46. The van der Waals surface area contributed by atoms with Gasteiger partial charge in [0, 0.05) is 12.3 Å². The van der Waals surface area contributed by atoms with Crippen LogP contribution in [-0.2, 0) is 20.0 Å². The van der Waals surface area contributed by atoms with Crippen LogP contribution < -0.4 is 10.1 Å². The summed E-state index contributed by atoms with van der Waals surface area (Å²) in [5.74, 6) is -0.325. The van der Waals surface area contributed by atoms with Gasteiger partial charge in [-0.05, 0) is 41.7 Å². The van der Waals surface area contributed by atoms with Gasteiger partial charge in [-0.3, -0.25) is 4.79 Å². The number of para-hydroxylation sites is 1.